The van der Waals surface area contributed by atoms with Crippen LogP contribution in [0, 0.1) is 17.7 Å². The summed E-state index contributed by atoms with van der Waals surface area (Å²) >= 11 is 0. The van der Waals surface area contributed by atoms with Crippen molar-refractivity contribution >= 4 is 11.4 Å². The smallest absolute Gasteiger partial charge is 0.173 e. The van der Waals surface area contributed by atoms with Crippen LogP contribution in [0.2, 0.25) is 0 Å². The van der Waals surface area contributed by atoms with Crippen molar-refractivity contribution in [2.45, 2.75) is 32.0 Å². The van der Waals surface area contributed by atoms with Crippen LogP contribution < -0.4 is 0 Å². The number of aliphatic hydroxyl groups is 1. The number of rotatable bonds is 1. The molecular formula is C16H17FO3. The van der Waals surface area contributed by atoms with Gasteiger partial charge in [-0.05, 0) is 18.9 Å². The van der Waals surface area contributed by atoms with Gasteiger partial charge in [-0.3, -0.25) is 4.79 Å². The van der Waals surface area contributed by atoms with Gasteiger partial charge in [-0.1, -0.05) is 25.1 Å². The molecule has 1 saturated carbocycles. The standard InChI is InChI=1S/C16H17FO3/c1-9-14(18)7-6-11-15(19)12(8-20-16(9)11)10-4-2-3-5-13(10)17/h2-5,8-9,11,14,16,18H,6-7H2,1H3. The Labute approximate surface area is 117 Å². The number of hydrogen-bond acceptors (Lipinski definition) is 3. The van der Waals surface area contributed by atoms with Crippen molar-refractivity contribution in [1.29, 1.82) is 0 Å². The van der Waals surface area contributed by atoms with Crippen LogP contribution in [0.5, 0.6) is 0 Å². The predicted octanol–water partition coefficient (Wildman–Crippen LogP) is 2.54. The zero-order valence-corrected chi connectivity index (χ0v) is 11.3. The van der Waals surface area contributed by atoms with E-state index in [1.807, 2.05) is 6.92 Å². The minimum Gasteiger partial charge on any atom is -0.496 e. The normalized spacial score (nSPS) is 33.1. The largest absolute Gasteiger partial charge is 0.496 e. The van der Waals surface area contributed by atoms with Crippen LogP contribution in [0.25, 0.3) is 5.57 Å². The van der Waals surface area contributed by atoms with Gasteiger partial charge in [0.25, 0.3) is 0 Å². The molecule has 0 saturated heterocycles. The molecule has 0 radical (unpaired) electrons. The second-order valence-corrected chi connectivity index (χ2v) is 5.59. The highest BCUT2D eigenvalue weighted by atomic mass is 19.1. The number of Topliss-reactive ketones (excluding diaryl/α,β-unsaturated/α-hetero) is 1. The lowest BCUT2D eigenvalue weighted by Crippen LogP contribution is -2.46. The van der Waals surface area contributed by atoms with Gasteiger partial charge in [-0.25, -0.2) is 4.39 Å². The SMILES string of the molecule is CC1C(O)CCC2C(=O)C(c3ccccc3F)=COC21. The van der Waals surface area contributed by atoms with E-state index in [1.165, 1.54) is 12.3 Å². The highest BCUT2D eigenvalue weighted by molar-refractivity contribution is 6.22. The van der Waals surface area contributed by atoms with Crippen molar-refractivity contribution in [3.05, 3.63) is 41.9 Å². The van der Waals surface area contributed by atoms with Gasteiger partial charge in [0.05, 0.1) is 23.9 Å². The summed E-state index contributed by atoms with van der Waals surface area (Å²) < 4.78 is 19.5. The van der Waals surface area contributed by atoms with Crippen molar-refractivity contribution < 1.29 is 19.0 Å². The highest BCUT2D eigenvalue weighted by Gasteiger charge is 2.44. The molecule has 3 rings (SSSR count). The molecule has 1 heterocycles. The fourth-order valence-electron chi connectivity index (χ4n) is 3.14. The van der Waals surface area contributed by atoms with Crippen LogP contribution in [-0.4, -0.2) is 23.1 Å². The van der Waals surface area contributed by atoms with E-state index in [0.29, 0.717) is 18.4 Å². The van der Waals surface area contributed by atoms with E-state index < -0.39 is 11.9 Å². The van der Waals surface area contributed by atoms with E-state index >= 15 is 0 Å². The third kappa shape index (κ3) is 2.04. The van der Waals surface area contributed by atoms with Crippen molar-refractivity contribution in [3.8, 4) is 0 Å². The number of carbonyl (C=O) groups excluding carboxylic acids is 1. The Kier molecular flexibility index (Phi) is 3.34. The molecule has 0 amide bonds. The molecule has 1 aromatic rings. The molecule has 1 aliphatic carbocycles. The van der Waals surface area contributed by atoms with E-state index in [0.717, 1.165) is 0 Å². The van der Waals surface area contributed by atoms with Crippen LogP contribution in [0.1, 0.15) is 25.3 Å². The fourth-order valence-corrected chi connectivity index (χ4v) is 3.14. The summed E-state index contributed by atoms with van der Waals surface area (Å²) in [5, 5.41) is 9.86. The molecule has 4 heteroatoms. The topological polar surface area (TPSA) is 46.5 Å². The van der Waals surface area contributed by atoms with Gasteiger partial charge in [0.2, 0.25) is 0 Å². The van der Waals surface area contributed by atoms with E-state index in [4.69, 9.17) is 4.74 Å². The number of halogens is 1. The van der Waals surface area contributed by atoms with Crippen LogP contribution in [0.3, 0.4) is 0 Å². The average molecular weight is 276 g/mol. The molecule has 20 heavy (non-hydrogen) atoms. The summed E-state index contributed by atoms with van der Waals surface area (Å²) in [5.74, 6) is -0.868. The Morgan fingerprint density at radius 3 is 2.80 bits per heavy atom. The zero-order valence-electron chi connectivity index (χ0n) is 11.3. The van der Waals surface area contributed by atoms with Crippen molar-refractivity contribution in [2.75, 3.05) is 0 Å². The molecule has 4 unspecified atom stereocenters. The Bertz CT molecular complexity index is 567. The number of fused-ring (bicyclic) bond motifs is 1. The summed E-state index contributed by atoms with van der Waals surface area (Å²) in [4.78, 5) is 12.6. The lowest BCUT2D eigenvalue weighted by atomic mass is 9.73. The van der Waals surface area contributed by atoms with Crippen molar-refractivity contribution in [3.63, 3.8) is 0 Å². The number of carbonyl (C=O) groups is 1. The van der Waals surface area contributed by atoms with Gasteiger partial charge < -0.3 is 9.84 Å². The Balaban J connectivity index is 1.95. The van der Waals surface area contributed by atoms with Crippen molar-refractivity contribution in [2.24, 2.45) is 11.8 Å². The Morgan fingerprint density at radius 1 is 1.30 bits per heavy atom. The highest BCUT2D eigenvalue weighted by Crippen LogP contribution is 2.39. The summed E-state index contributed by atoms with van der Waals surface area (Å²) in [7, 11) is 0. The second-order valence-electron chi connectivity index (χ2n) is 5.59. The summed E-state index contributed by atoms with van der Waals surface area (Å²) in [6, 6.07) is 6.22. The number of ketones is 1. The lowest BCUT2D eigenvalue weighted by molar-refractivity contribution is -0.131. The minimum absolute atomic E-state index is 0.0786. The molecule has 1 aromatic carbocycles. The van der Waals surface area contributed by atoms with Gasteiger partial charge in [-0.2, -0.15) is 0 Å². The zero-order chi connectivity index (χ0) is 14.3. The first-order valence-electron chi connectivity index (χ1n) is 6.92. The van der Waals surface area contributed by atoms with E-state index in [-0.39, 0.29) is 29.3 Å². The van der Waals surface area contributed by atoms with Gasteiger partial charge in [0.1, 0.15) is 11.9 Å². The maximum Gasteiger partial charge on any atom is 0.173 e. The van der Waals surface area contributed by atoms with Crippen molar-refractivity contribution in [1.82, 2.24) is 0 Å². The van der Waals surface area contributed by atoms with Crippen LogP contribution in [0.15, 0.2) is 30.5 Å². The molecule has 0 spiro atoms. The quantitative estimate of drug-likeness (QED) is 0.857. The molecule has 2 aliphatic rings. The molecule has 106 valence electrons. The molecule has 1 N–H and O–H groups in total. The lowest BCUT2D eigenvalue weighted by Gasteiger charge is -2.40. The molecule has 0 aromatic heterocycles. The Hall–Kier alpha value is -1.68. The minimum atomic E-state index is -0.438. The number of aliphatic hydroxyl groups excluding tert-OH is 1. The third-order valence-electron chi connectivity index (χ3n) is 4.40. The van der Waals surface area contributed by atoms with Gasteiger partial charge in [0.15, 0.2) is 5.78 Å². The van der Waals surface area contributed by atoms with Gasteiger partial charge in [-0.15, -0.1) is 0 Å². The van der Waals surface area contributed by atoms with Crippen LogP contribution >= 0.6 is 0 Å². The number of allylic oxidation sites excluding steroid dienone is 1. The summed E-state index contributed by atoms with van der Waals surface area (Å²) in [5.41, 5.74) is 0.586. The summed E-state index contributed by atoms with van der Waals surface area (Å²) in [6.45, 7) is 1.89. The maximum absolute atomic E-state index is 13.8. The average Bonchev–Trinajstić information content (AvgIpc) is 2.45. The maximum atomic E-state index is 13.8. The number of hydrogen-bond donors (Lipinski definition) is 1. The molecule has 3 nitrogen and oxygen atoms in total. The first kappa shape index (κ1) is 13.3. The third-order valence-corrected chi connectivity index (χ3v) is 4.40. The van der Waals surface area contributed by atoms with Gasteiger partial charge in [0, 0.05) is 11.5 Å². The fraction of sp³-hybridized carbons (Fsp3) is 0.438. The molecule has 0 bridgehead atoms. The monoisotopic (exact) mass is 276 g/mol. The molecule has 1 fully saturated rings. The second kappa shape index (κ2) is 5.02. The molecule has 1 aliphatic heterocycles. The first-order chi connectivity index (χ1) is 9.59. The van der Waals surface area contributed by atoms with E-state index in [1.54, 1.807) is 18.2 Å². The number of ether oxygens (including phenoxy) is 1. The molecule has 4 atom stereocenters. The Morgan fingerprint density at radius 2 is 2.05 bits per heavy atom. The van der Waals surface area contributed by atoms with E-state index in [2.05, 4.69) is 0 Å². The van der Waals surface area contributed by atoms with Crippen LogP contribution in [-0.2, 0) is 9.53 Å². The first-order valence-corrected chi connectivity index (χ1v) is 6.92. The summed E-state index contributed by atoms with van der Waals surface area (Å²) in [6.07, 6.45) is 1.79. The predicted molar refractivity (Wildman–Crippen MR) is 72.2 cm³/mol. The van der Waals surface area contributed by atoms with Crippen LogP contribution in [0.4, 0.5) is 4.39 Å². The molecular weight excluding hydrogens is 259 g/mol. The van der Waals surface area contributed by atoms with Gasteiger partial charge >= 0.3 is 0 Å². The number of benzene rings is 1. The van der Waals surface area contributed by atoms with E-state index in [9.17, 15) is 14.3 Å².